The van der Waals surface area contributed by atoms with Crippen LogP contribution < -0.4 is 5.32 Å². The van der Waals surface area contributed by atoms with Crippen LogP contribution in [-0.2, 0) is 13.5 Å². The van der Waals surface area contributed by atoms with Gasteiger partial charge in [0.1, 0.15) is 5.69 Å². The molecule has 0 aliphatic carbocycles. The lowest BCUT2D eigenvalue weighted by molar-refractivity contribution is 0.0945. The molecule has 0 atom stereocenters. The molecule has 124 valence electrons. The fourth-order valence-electron chi connectivity index (χ4n) is 2.47. The molecule has 0 saturated carbocycles. The standard InChI is InChI=1S/C16H17ClN6O/c1-23-10-12(15-19-21-22-20-15)9-14(23)16(24)18-7-3-5-11-4-2-6-13(17)8-11/h2,4,6,8-10H,3,5,7H2,1H3,(H,18,24)(H,19,20,21,22). The van der Waals surface area contributed by atoms with Gasteiger partial charge in [-0.1, -0.05) is 23.7 Å². The highest BCUT2D eigenvalue weighted by atomic mass is 35.5. The highest BCUT2D eigenvalue weighted by molar-refractivity contribution is 6.30. The molecule has 0 bridgehead atoms. The summed E-state index contributed by atoms with van der Waals surface area (Å²) in [5.41, 5.74) is 2.46. The average molecular weight is 345 g/mol. The Hall–Kier alpha value is -2.67. The van der Waals surface area contributed by atoms with Crippen molar-refractivity contribution in [3.63, 3.8) is 0 Å². The molecule has 2 N–H and O–H groups in total. The van der Waals surface area contributed by atoms with Crippen molar-refractivity contribution in [1.29, 1.82) is 0 Å². The number of hydrogen-bond donors (Lipinski definition) is 2. The summed E-state index contributed by atoms with van der Waals surface area (Å²) in [6, 6.07) is 9.50. The summed E-state index contributed by atoms with van der Waals surface area (Å²) in [7, 11) is 1.81. The molecule has 0 aliphatic rings. The number of nitrogens with one attached hydrogen (secondary N) is 2. The Labute approximate surface area is 144 Å². The van der Waals surface area contributed by atoms with Crippen molar-refractivity contribution in [1.82, 2.24) is 30.5 Å². The SMILES string of the molecule is Cn1cc(-c2nn[nH]n2)cc1C(=O)NCCCc1cccc(Cl)c1. The Morgan fingerprint density at radius 2 is 2.25 bits per heavy atom. The second kappa shape index (κ2) is 7.27. The van der Waals surface area contributed by atoms with E-state index in [1.807, 2.05) is 31.3 Å². The van der Waals surface area contributed by atoms with Gasteiger partial charge in [0.2, 0.25) is 5.82 Å². The lowest BCUT2D eigenvalue weighted by Crippen LogP contribution is -2.26. The fraction of sp³-hybridized carbons (Fsp3) is 0.250. The Balaban J connectivity index is 1.54. The minimum Gasteiger partial charge on any atom is -0.351 e. The van der Waals surface area contributed by atoms with E-state index in [1.165, 1.54) is 0 Å². The highest BCUT2D eigenvalue weighted by Gasteiger charge is 2.14. The van der Waals surface area contributed by atoms with Gasteiger partial charge in [0.15, 0.2) is 0 Å². The van der Waals surface area contributed by atoms with Crippen molar-refractivity contribution in [2.24, 2.45) is 7.05 Å². The second-order valence-electron chi connectivity index (χ2n) is 5.45. The van der Waals surface area contributed by atoms with Gasteiger partial charge < -0.3 is 9.88 Å². The lowest BCUT2D eigenvalue weighted by Gasteiger charge is -2.06. The molecule has 3 rings (SSSR count). The van der Waals surface area contributed by atoms with E-state index in [4.69, 9.17) is 11.6 Å². The Kier molecular flexibility index (Phi) is 4.90. The number of hydrogen-bond acceptors (Lipinski definition) is 4. The van der Waals surface area contributed by atoms with Crippen molar-refractivity contribution < 1.29 is 4.79 Å². The molecule has 3 aromatic rings. The molecule has 0 radical (unpaired) electrons. The van der Waals surface area contributed by atoms with Crippen LogP contribution in [0.4, 0.5) is 0 Å². The van der Waals surface area contributed by atoms with Crippen LogP contribution in [0.5, 0.6) is 0 Å². The first-order chi connectivity index (χ1) is 11.6. The van der Waals surface area contributed by atoms with Gasteiger partial charge in [-0.15, -0.1) is 10.2 Å². The average Bonchev–Trinajstić information content (AvgIpc) is 3.21. The van der Waals surface area contributed by atoms with Gasteiger partial charge in [0, 0.05) is 30.4 Å². The number of amides is 1. The summed E-state index contributed by atoms with van der Waals surface area (Å²) in [6.45, 7) is 0.591. The molecular formula is C16H17ClN6O. The third kappa shape index (κ3) is 3.80. The number of rotatable bonds is 6. The molecule has 1 aromatic carbocycles. The molecule has 0 fully saturated rings. The van der Waals surface area contributed by atoms with Crippen LogP contribution in [-0.4, -0.2) is 37.6 Å². The zero-order valence-corrected chi connectivity index (χ0v) is 13.9. The maximum atomic E-state index is 12.3. The van der Waals surface area contributed by atoms with Crippen molar-refractivity contribution in [2.45, 2.75) is 12.8 Å². The van der Waals surface area contributed by atoms with E-state index in [0.717, 1.165) is 29.0 Å². The van der Waals surface area contributed by atoms with Crippen molar-refractivity contribution in [3.8, 4) is 11.4 Å². The van der Waals surface area contributed by atoms with E-state index in [0.29, 0.717) is 18.1 Å². The van der Waals surface area contributed by atoms with Crippen molar-refractivity contribution in [3.05, 3.63) is 52.8 Å². The van der Waals surface area contributed by atoms with Crippen molar-refractivity contribution >= 4 is 17.5 Å². The van der Waals surface area contributed by atoms with Gasteiger partial charge in [0.05, 0.1) is 0 Å². The lowest BCUT2D eigenvalue weighted by atomic mass is 10.1. The Morgan fingerprint density at radius 1 is 1.38 bits per heavy atom. The number of aromatic amines is 1. The summed E-state index contributed by atoms with van der Waals surface area (Å²) in [5.74, 6) is 0.337. The number of nitrogens with zero attached hydrogens (tertiary/aromatic N) is 4. The van der Waals surface area contributed by atoms with Gasteiger partial charge in [-0.3, -0.25) is 4.79 Å². The molecule has 0 spiro atoms. The first-order valence-corrected chi connectivity index (χ1v) is 7.94. The van der Waals surface area contributed by atoms with Gasteiger partial charge in [0.25, 0.3) is 5.91 Å². The first-order valence-electron chi connectivity index (χ1n) is 7.56. The fourth-order valence-corrected chi connectivity index (χ4v) is 2.69. The summed E-state index contributed by atoms with van der Waals surface area (Å²) in [5, 5.41) is 17.4. The van der Waals surface area contributed by atoms with Crippen LogP contribution in [0.3, 0.4) is 0 Å². The van der Waals surface area contributed by atoms with E-state index in [-0.39, 0.29) is 5.91 Å². The van der Waals surface area contributed by atoms with Gasteiger partial charge in [-0.2, -0.15) is 5.21 Å². The monoisotopic (exact) mass is 344 g/mol. The van der Waals surface area contributed by atoms with Crippen LogP contribution in [0, 0.1) is 0 Å². The normalized spacial score (nSPS) is 10.8. The number of carbonyl (C=O) groups is 1. The summed E-state index contributed by atoms with van der Waals surface area (Å²) < 4.78 is 1.75. The molecule has 0 aliphatic heterocycles. The molecule has 2 heterocycles. The van der Waals surface area contributed by atoms with Gasteiger partial charge in [-0.05, 0) is 41.8 Å². The van der Waals surface area contributed by atoms with E-state index < -0.39 is 0 Å². The number of carbonyl (C=O) groups excluding carboxylic acids is 1. The maximum Gasteiger partial charge on any atom is 0.267 e. The number of aromatic nitrogens is 5. The first kappa shape index (κ1) is 16.2. The third-order valence-electron chi connectivity index (χ3n) is 3.66. The third-order valence-corrected chi connectivity index (χ3v) is 3.89. The minimum atomic E-state index is -0.127. The summed E-state index contributed by atoms with van der Waals surface area (Å²) in [6.07, 6.45) is 3.50. The number of aryl methyl sites for hydroxylation is 2. The largest absolute Gasteiger partial charge is 0.351 e. The van der Waals surface area contributed by atoms with Crippen LogP contribution in [0.1, 0.15) is 22.5 Å². The quantitative estimate of drug-likeness (QED) is 0.671. The van der Waals surface area contributed by atoms with Crippen LogP contribution in [0.15, 0.2) is 36.5 Å². The molecule has 24 heavy (non-hydrogen) atoms. The molecule has 0 saturated heterocycles. The summed E-state index contributed by atoms with van der Waals surface area (Å²) in [4.78, 5) is 12.3. The van der Waals surface area contributed by atoms with Crippen LogP contribution in [0.2, 0.25) is 5.02 Å². The van der Waals surface area contributed by atoms with E-state index in [1.54, 1.807) is 16.8 Å². The topological polar surface area (TPSA) is 88.5 Å². The number of H-pyrrole nitrogens is 1. The van der Waals surface area contributed by atoms with Crippen LogP contribution >= 0.6 is 11.6 Å². The smallest absolute Gasteiger partial charge is 0.267 e. The van der Waals surface area contributed by atoms with E-state index in [2.05, 4.69) is 25.9 Å². The van der Waals surface area contributed by atoms with Gasteiger partial charge in [-0.25, -0.2) is 0 Å². The van der Waals surface area contributed by atoms with Crippen molar-refractivity contribution in [2.75, 3.05) is 6.54 Å². The predicted molar refractivity (Wildman–Crippen MR) is 90.7 cm³/mol. The summed E-state index contributed by atoms with van der Waals surface area (Å²) >= 11 is 5.96. The molecule has 7 nitrogen and oxygen atoms in total. The number of benzene rings is 1. The second-order valence-corrected chi connectivity index (χ2v) is 5.89. The van der Waals surface area contributed by atoms with Gasteiger partial charge >= 0.3 is 0 Å². The number of halogens is 1. The molecule has 8 heteroatoms. The Morgan fingerprint density at radius 3 is 3.00 bits per heavy atom. The minimum absolute atomic E-state index is 0.127. The Bertz CT molecular complexity index is 827. The number of tetrazole rings is 1. The molecular weight excluding hydrogens is 328 g/mol. The zero-order valence-electron chi connectivity index (χ0n) is 13.2. The zero-order chi connectivity index (χ0) is 16.9. The van der Waals surface area contributed by atoms with E-state index in [9.17, 15) is 4.79 Å². The highest BCUT2D eigenvalue weighted by Crippen LogP contribution is 2.16. The molecule has 2 aromatic heterocycles. The maximum absolute atomic E-state index is 12.3. The molecule has 0 unspecified atom stereocenters. The molecule has 1 amide bonds. The van der Waals surface area contributed by atoms with Crippen LogP contribution in [0.25, 0.3) is 11.4 Å². The predicted octanol–water partition coefficient (Wildman–Crippen LogP) is 2.22. The van der Waals surface area contributed by atoms with E-state index >= 15 is 0 Å².